The minimum atomic E-state index is 0.465. The lowest BCUT2D eigenvalue weighted by Gasteiger charge is -2.31. The van der Waals surface area contributed by atoms with E-state index in [9.17, 15) is 0 Å². The molecular weight excluding hydrogens is 174 g/mol. The third-order valence-electron chi connectivity index (χ3n) is 3.10. The third-order valence-corrected chi connectivity index (χ3v) is 3.10. The van der Waals surface area contributed by atoms with E-state index in [4.69, 9.17) is 4.74 Å². The van der Waals surface area contributed by atoms with Gasteiger partial charge in [0, 0.05) is 12.6 Å². The van der Waals surface area contributed by atoms with E-state index < -0.39 is 0 Å². The van der Waals surface area contributed by atoms with Crippen LogP contribution in [0.2, 0.25) is 0 Å². The molecule has 0 aliphatic heterocycles. The van der Waals surface area contributed by atoms with Gasteiger partial charge < -0.3 is 10.1 Å². The van der Waals surface area contributed by atoms with Crippen LogP contribution in [0.25, 0.3) is 0 Å². The molecule has 2 nitrogen and oxygen atoms in total. The van der Waals surface area contributed by atoms with Crippen molar-refractivity contribution in [3.05, 3.63) is 0 Å². The first-order chi connectivity index (χ1) is 6.74. The van der Waals surface area contributed by atoms with Gasteiger partial charge in [0.25, 0.3) is 0 Å². The molecule has 0 aromatic rings. The molecule has 1 aliphatic rings. The fourth-order valence-corrected chi connectivity index (χ4v) is 2.08. The van der Waals surface area contributed by atoms with Crippen molar-refractivity contribution in [1.82, 2.24) is 5.32 Å². The SMILES string of the molecule is CNC1CCCCC1OCCC(C)C. The van der Waals surface area contributed by atoms with Crippen LogP contribution >= 0.6 is 0 Å². The molecule has 0 aromatic carbocycles. The fraction of sp³-hybridized carbons (Fsp3) is 1.00. The summed E-state index contributed by atoms with van der Waals surface area (Å²) in [6, 6.07) is 0.593. The predicted octanol–water partition coefficient (Wildman–Crippen LogP) is 2.58. The molecule has 2 atom stereocenters. The molecule has 0 bridgehead atoms. The highest BCUT2D eigenvalue weighted by molar-refractivity contribution is 4.80. The summed E-state index contributed by atoms with van der Waals surface area (Å²) in [4.78, 5) is 0. The topological polar surface area (TPSA) is 21.3 Å². The molecule has 14 heavy (non-hydrogen) atoms. The summed E-state index contributed by atoms with van der Waals surface area (Å²) in [6.45, 7) is 5.43. The third kappa shape index (κ3) is 3.97. The Labute approximate surface area is 88.4 Å². The molecule has 1 saturated carbocycles. The second kappa shape index (κ2) is 6.41. The van der Waals surface area contributed by atoms with Gasteiger partial charge in [-0.2, -0.15) is 0 Å². The average Bonchev–Trinajstić information content (AvgIpc) is 2.18. The average molecular weight is 199 g/mol. The number of hydrogen-bond acceptors (Lipinski definition) is 2. The quantitative estimate of drug-likeness (QED) is 0.735. The van der Waals surface area contributed by atoms with Gasteiger partial charge in [-0.3, -0.25) is 0 Å². The summed E-state index contributed by atoms with van der Waals surface area (Å²) in [7, 11) is 2.05. The van der Waals surface area contributed by atoms with Crippen LogP contribution in [0.15, 0.2) is 0 Å². The van der Waals surface area contributed by atoms with E-state index in [0.29, 0.717) is 12.1 Å². The van der Waals surface area contributed by atoms with Crippen molar-refractivity contribution < 1.29 is 4.74 Å². The minimum Gasteiger partial charge on any atom is -0.377 e. The van der Waals surface area contributed by atoms with Gasteiger partial charge >= 0.3 is 0 Å². The maximum atomic E-state index is 5.93. The first-order valence-electron chi connectivity index (χ1n) is 6.03. The van der Waals surface area contributed by atoms with Crippen LogP contribution < -0.4 is 5.32 Å². The van der Waals surface area contributed by atoms with Crippen LogP contribution in [0.4, 0.5) is 0 Å². The summed E-state index contributed by atoms with van der Waals surface area (Å²) in [5.41, 5.74) is 0. The lowest BCUT2D eigenvalue weighted by Crippen LogP contribution is -2.41. The van der Waals surface area contributed by atoms with Crippen LogP contribution in [0.5, 0.6) is 0 Å². The van der Waals surface area contributed by atoms with Gasteiger partial charge in [-0.25, -0.2) is 0 Å². The van der Waals surface area contributed by atoms with Crippen molar-refractivity contribution in [2.75, 3.05) is 13.7 Å². The van der Waals surface area contributed by atoms with Crippen molar-refractivity contribution in [1.29, 1.82) is 0 Å². The number of ether oxygens (including phenoxy) is 1. The van der Waals surface area contributed by atoms with E-state index in [2.05, 4.69) is 26.2 Å². The lowest BCUT2D eigenvalue weighted by atomic mass is 9.92. The lowest BCUT2D eigenvalue weighted by molar-refractivity contribution is 0.00251. The van der Waals surface area contributed by atoms with Crippen LogP contribution in [0.1, 0.15) is 46.0 Å². The molecule has 1 fully saturated rings. The highest BCUT2D eigenvalue weighted by Crippen LogP contribution is 2.21. The molecule has 0 saturated heterocycles. The van der Waals surface area contributed by atoms with Gasteiger partial charge in [0.15, 0.2) is 0 Å². The first kappa shape index (κ1) is 12.0. The highest BCUT2D eigenvalue weighted by atomic mass is 16.5. The van der Waals surface area contributed by atoms with Gasteiger partial charge in [0.05, 0.1) is 6.10 Å². The van der Waals surface area contributed by atoms with Crippen molar-refractivity contribution in [3.8, 4) is 0 Å². The molecule has 1 aliphatic carbocycles. The number of nitrogens with one attached hydrogen (secondary N) is 1. The fourth-order valence-electron chi connectivity index (χ4n) is 2.08. The number of hydrogen-bond donors (Lipinski definition) is 1. The Morgan fingerprint density at radius 2 is 2.00 bits per heavy atom. The van der Waals surface area contributed by atoms with E-state index in [1.807, 2.05) is 0 Å². The summed E-state index contributed by atoms with van der Waals surface area (Å²) in [6.07, 6.45) is 6.87. The maximum absolute atomic E-state index is 5.93. The second-order valence-electron chi connectivity index (χ2n) is 4.77. The minimum absolute atomic E-state index is 0.465. The summed E-state index contributed by atoms with van der Waals surface area (Å²) >= 11 is 0. The zero-order valence-electron chi connectivity index (χ0n) is 9.88. The zero-order chi connectivity index (χ0) is 10.4. The molecule has 0 radical (unpaired) electrons. The van der Waals surface area contributed by atoms with Gasteiger partial charge in [-0.1, -0.05) is 26.7 Å². The Balaban J connectivity index is 2.19. The maximum Gasteiger partial charge on any atom is 0.0727 e. The van der Waals surface area contributed by atoms with Gasteiger partial charge in [0.1, 0.15) is 0 Å². The van der Waals surface area contributed by atoms with E-state index in [-0.39, 0.29) is 0 Å². The summed E-state index contributed by atoms with van der Waals surface area (Å²) in [5, 5.41) is 3.37. The van der Waals surface area contributed by atoms with E-state index in [0.717, 1.165) is 12.5 Å². The van der Waals surface area contributed by atoms with Crippen LogP contribution in [0.3, 0.4) is 0 Å². The smallest absolute Gasteiger partial charge is 0.0727 e. The first-order valence-corrected chi connectivity index (χ1v) is 6.03. The number of rotatable bonds is 5. The van der Waals surface area contributed by atoms with Crippen molar-refractivity contribution in [2.45, 2.75) is 58.1 Å². The molecule has 0 spiro atoms. The molecule has 2 unspecified atom stereocenters. The van der Waals surface area contributed by atoms with Crippen molar-refractivity contribution >= 4 is 0 Å². The predicted molar refractivity (Wildman–Crippen MR) is 60.5 cm³/mol. The normalized spacial score (nSPS) is 28.3. The van der Waals surface area contributed by atoms with E-state index in [1.54, 1.807) is 0 Å². The van der Waals surface area contributed by atoms with E-state index in [1.165, 1.54) is 32.1 Å². The highest BCUT2D eigenvalue weighted by Gasteiger charge is 2.23. The van der Waals surface area contributed by atoms with Crippen LogP contribution in [0, 0.1) is 5.92 Å². The van der Waals surface area contributed by atoms with Crippen LogP contribution in [-0.2, 0) is 4.74 Å². The summed E-state index contributed by atoms with van der Waals surface area (Å²) in [5.74, 6) is 0.756. The van der Waals surface area contributed by atoms with Crippen molar-refractivity contribution in [3.63, 3.8) is 0 Å². The molecular formula is C12H25NO. The second-order valence-corrected chi connectivity index (χ2v) is 4.77. The molecule has 0 amide bonds. The Hall–Kier alpha value is -0.0800. The summed E-state index contributed by atoms with van der Waals surface area (Å²) < 4.78 is 5.93. The Bertz CT molecular complexity index is 147. The molecule has 0 heterocycles. The number of likely N-dealkylation sites (N-methyl/N-ethyl adjacent to an activating group) is 1. The Morgan fingerprint density at radius 3 is 2.64 bits per heavy atom. The van der Waals surface area contributed by atoms with Gasteiger partial charge in [0.2, 0.25) is 0 Å². The Morgan fingerprint density at radius 1 is 1.29 bits per heavy atom. The van der Waals surface area contributed by atoms with E-state index >= 15 is 0 Å². The van der Waals surface area contributed by atoms with Crippen molar-refractivity contribution in [2.24, 2.45) is 5.92 Å². The van der Waals surface area contributed by atoms with Gasteiger partial charge in [-0.05, 0) is 32.2 Å². The monoisotopic (exact) mass is 199 g/mol. The molecule has 1 N–H and O–H groups in total. The zero-order valence-corrected chi connectivity index (χ0v) is 9.88. The van der Waals surface area contributed by atoms with Gasteiger partial charge in [-0.15, -0.1) is 0 Å². The molecule has 2 heteroatoms. The molecule has 0 aromatic heterocycles. The Kier molecular flexibility index (Phi) is 5.49. The molecule has 1 rings (SSSR count). The standard InChI is InChI=1S/C12H25NO/c1-10(2)8-9-14-12-7-5-4-6-11(12)13-3/h10-13H,4-9H2,1-3H3. The largest absolute Gasteiger partial charge is 0.377 e. The molecule has 84 valence electrons. The van der Waals surface area contributed by atoms with Crippen LogP contribution in [-0.4, -0.2) is 25.8 Å².